The van der Waals surface area contributed by atoms with Crippen LogP contribution in [-0.4, -0.2) is 53.8 Å². The molecule has 1 fully saturated rings. The molecule has 1 amide bonds. The minimum absolute atomic E-state index is 0.102. The number of benzene rings is 2. The predicted molar refractivity (Wildman–Crippen MR) is 119 cm³/mol. The lowest BCUT2D eigenvalue weighted by atomic mass is 9.93. The zero-order chi connectivity index (χ0) is 22.0. The van der Waals surface area contributed by atoms with Gasteiger partial charge in [0.05, 0.1) is 11.6 Å². The highest BCUT2D eigenvalue weighted by Gasteiger charge is 2.45. The number of aryl methyl sites for hydroxylation is 3. The van der Waals surface area contributed by atoms with Gasteiger partial charge in [0.15, 0.2) is 0 Å². The van der Waals surface area contributed by atoms with Crippen molar-refractivity contribution in [3.8, 4) is 0 Å². The quantitative estimate of drug-likeness (QED) is 0.448. The van der Waals surface area contributed by atoms with E-state index < -0.39 is 17.7 Å². The third-order valence-corrected chi connectivity index (χ3v) is 5.59. The molecule has 5 nitrogen and oxygen atoms in total. The minimum atomic E-state index is -0.621. The van der Waals surface area contributed by atoms with Crippen LogP contribution in [0.3, 0.4) is 0 Å². The van der Waals surface area contributed by atoms with E-state index in [1.807, 2.05) is 82.2 Å². The highest BCUT2D eigenvalue weighted by Crippen LogP contribution is 2.40. The number of ketones is 1. The summed E-state index contributed by atoms with van der Waals surface area (Å²) in [5.41, 5.74) is 4.53. The maximum absolute atomic E-state index is 13.1. The Kier molecular flexibility index (Phi) is 6.42. The SMILES string of the molecule is Cc1ccc(C2C(=C(O)c3cc(C)ccc3C)C(=O)C(=O)N2CCCN(C)C)cc1. The van der Waals surface area contributed by atoms with E-state index in [-0.39, 0.29) is 11.3 Å². The summed E-state index contributed by atoms with van der Waals surface area (Å²) in [6, 6.07) is 12.9. The number of rotatable bonds is 6. The molecule has 1 saturated heterocycles. The lowest BCUT2D eigenvalue weighted by Gasteiger charge is -2.26. The summed E-state index contributed by atoms with van der Waals surface area (Å²) < 4.78 is 0. The maximum Gasteiger partial charge on any atom is 0.295 e. The van der Waals surface area contributed by atoms with Gasteiger partial charge in [0.1, 0.15) is 5.76 Å². The van der Waals surface area contributed by atoms with E-state index in [1.54, 1.807) is 4.90 Å². The summed E-state index contributed by atoms with van der Waals surface area (Å²) >= 11 is 0. The summed E-state index contributed by atoms with van der Waals surface area (Å²) in [4.78, 5) is 29.7. The van der Waals surface area contributed by atoms with Crippen LogP contribution < -0.4 is 0 Å². The van der Waals surface area contributed by atoms with Crippen LogP contribution in [0.4, 0.5) is 0 Å². The first-order valence-corrected chi connectivity index (χ1v) is 10.3. The molecular formula is C25H30N2O3. The summed E-state index contributed by atoms with van der Waals surface area (Å²) in [5, 5.41) is 11.2. The molecule has 0 aliphatic carbocycles. The van der Waals surface area contributed by atoms with Gasteiger partial charge in [-0.2, -0.15) is 0 Å². The Balaban J connectivity index is 2.13. The van der Waals surface area contributed by atoms with Crippen molar-refractivity contribution in [2.75, 3.05) is 27.2 Å². The molecule has 2 aromatic carbocycles. The molecule has 1 unspecified atom stereocenters. The van der Waals surface area contributed by atoms with Crippen LogP contribution in [0, 0.1) is 20.8 Å². The molecule has 30 heavy (non-hydrogen) atoms. The highest BCUT2D eigenvalue weighted by molar-refractivity contribution is 6.46. The first-order chi connectivity index (χ1) is 14.2. The van der Waals surface area contributed by atoms with Crippen LogP contribution in [0.1, 0.15) is 40.3 Å². The topological polar surface area (TPSA) is 60.9 Å². The monoisotopic (exact) mass is 406 g/mol. The second-order valence-electron chi connectivity index (χ2n) is 8.38. The third-order valence-electron chi connectivity index (χ3n) is 5.59. The molecule has 0 radical (unpaired) electrons. The zero-order valence-corrected chi connectivity index (χ0v) is 18.4. The maximum atomic E-state index is 13.1. The fourth-order valence-corrected chi connectivity index (χ4v) is 3.90. The largest absolute Gasteiger partial charge is 0.507 e. The van der Waals surface area contributed by atoms with Crippen LogP contribution in [0.5, 0.6) is 0 Å². The van der Waals surface area contributed by atoms with Gasteiger partial charge in [0, 0.05) is 12.1 Å². The standard InChI is InChI=1S/C25H30N2O3/c1-16-8-11-19(12-9-16)22-21(23(28)20-15-17(2)7-10-18(20)3)24(29)25(30)27(22)14-6-13-26(4)5/h7-12,15,22,28H,6,13-14H2,1-5H3. The van der Waals surface area contributed by atoms with Gasteiger partial charge in [0.25, 0.3) is 11.7 Å². The minimum Gasteiger partial charge on any atom is -0.507 e. The van der Waals surface area contributed by atoms with E-state index in [0.717, 1.165) is 35.2 Å². The van der Waals surface area contributed by atoms with Gasteiger partial charge in [-0.15, -0.1) is 0 Å². The van der Waals surface area contributed by atoms with Crippen LogP contribution in [0.15, 0.2) is 48.0 Å². The fourth-order valence-electron chi connectivity index (χ4n) is 3.90. The Morgan fingerprint density at radius 2 is 1.63 bits per heavy atom. The molecule has 1 N–H and O–H groups in total. The summed E-state index contributed by atoms with van der Waals surface area (Å²) in [7, 11) is 3.96. The van der Waals surface area contributed by atoms with Crippen molar-refractivity contribution in [3.63, 3.8) is 0 Å². The van der Waals surface area contributed by atoms with Crippen molar-refractivity contribution in [3.05, 3.63) is 75.9 Å². The van der Waals surface area contributed by atoms with Crippen molar-refractivity contribution in [1.82, 2.24) is 9.80 Å². The van der Waals surface area contributed by atoms with E-state index in [4.69, 9.17) is 0 Å². The lowest BCUT2D eigenvalue weighted by molar-refractivity contribution is -0.139. The number of aliphatic hydroxyl groups excluding tert-OH is 1. The second-order valence-corrected chi connectivity index (χ2v) is 8.38. The molecule has 1 aliphatic rings. The molecule has 2 aromatic rings. The van der Waals surface area contributed by atoms with Crippen LogP contribution in [-0.2, 0) is 9.59 Å². The molecule has 1 atom stereocenters. The summed E-state index contributed by atoms with van der Waals surface area (Å²) in [6.45, 7) is 7.08. The molecule has 3 rings (SSSR count). The van der Waals surface area contributed by atoms with Crippen molar-refractivity contribution in [2.45, 2.75) is 33.2 Å². The number of aliphatic hydroxyl groups is 1. The Morgan fingerprint density at radius 1 is 1.00 bits per heavy atom. The second kappa shape index (κ2) is 8.84. The first kappa shape index (κ1) is 21.8. The lowest BCUT2D eigenvalue weighted by Crippen LogP contribution is -2.32. The van der Waals surface area contributed by atoms with Crippen LogP contribution in [0.2, 0.25) is 0 Å². The number of amides is 1. The van der Waals surface area contributed by atoms with Crippen LogP contribution in [0.25, 0.3) is 5.76 Å². The molecular weight excluding hydrogens is 376 g/mol. The Bertz CT molecular complexity index is 990. The number of hydrogen-bond donors (Lipinski definition) is 1. The first-order valence-electron chi connectivity index (χ1n) is 10.3. The van der Waals surface area contributed by atoms with E-state index in [9.17, 15) is 14.7 Å². The summed E-state index contributed by atoms with van der Waals surface area (Å²) in [6.07, 6.45) is 0.742. The van der Waals surface area contributed by atoms with Gasteiger partial charge < -0.3 is 14.9 Å². The molecule has 0 spiro atoms. The number of Topliss-reactive ketones (excluding diaryl/α,β-unsaturated/α-hetero) is 1. The molecule has 0 bridgehead atoms. The van der Waals surface area contributed by atoms with Crippen LogP contribution >= 0.6 is 0 Å². The van der Waals surface area contributed by atoms with Crippen molar-refractivity contribution in [1.29, 1.82) is 0 Å². The van der Waals surface area contributed by atoms with Gasteiger partial charge in [-0.1, -0.05) is 47.5 Å². The van der Waals surface area contributed by atoms with Gasteiger partial charge in [-0.3, -0.25) is 9.59 Å². The number of nitrogens with zero attached hydrogens (tertiary/aromatic N) is 2. The van der Waals surface area contributed by atoms with E-state index in [2.05, 4.69) is 0 Å². The number of carbonyl (C=O) groups excluding carboxylic acids is 2. The average Bonchev–Trinajstić information content (AvgIpc) is 2.94. The highest BCUT2D eigenvalue weighted by atomic mass is 16.3. The normalized spacial score (nSPS) is 18.5. The molecule has 158 valence electrons. The van der Waals surface area contributed by atoms with E-state index in [1.165, 1.54) is 0 Å². The fraction of sp³-hybridized carbons (Fsp3) is 0.360. The molecule has 0 saturated carbocycles. The molecule has 5 heteroatoms. The van der Waals surface area contributed by atoms with Gasteiger partial charge in [0.2, 0.25) is 0 Å². The van der Waals surface area contributed by atoms with Gasteiger partial charge in [-0.05, 0) is 65.0 Å². The Hall–Kier alpha value is -2.92. The van der Waals surface area contributed by atoms with E-state index >= 15 is 0 Å². The van der Waals surface area contributed by atoms with Crippen molar-refractivity contribution >= 4 is 17.4 Å². The molecule has 0 aromatic heterocycles. The van der Waals surface area contributed by atoms with Gasteiger partial charge in [-0.25, -0.2) is 0 Å². The Morgan fingerprint density at radius 3 is 2.27 bits per heavy atom. The van der Waals surface area contributed by atoms with E-state index in [0.29, 0.717) is 12.1 Å². The van der Waals surface area contributed by atoms with Crippen molar-refractivity contribution < 1.29 is 14.7 Å². The summed E-state index contributed by atoms with van der Waals surface area (Å²) in [5.74, 6) is -1.27. The number of carbonyl (C=O) groups is 2. The smallest absolute Gasteiger partial charge is 0.295 e. The predicted octanol–water partition coefficient (Wildman–Crippen LogP) is 3.99. The zero-order valence-electron chi connectivity index (χ0n) is 18.4. The molecule has 1 aliphatic heterocycles. The number of likely N-dealkylation sites (tertiary alicyclic amines) is 1. The number of hydrogen-bond acceptors (Lipinski definition) is 4. The van der Waals surface area contributed by atoms with Gasteiger partial charge >= 0.3 is 0 Å². The average molecular weight is 407 g/mol. The Labute approximate surface area is 178 Å². The third kappa shape index (κ3) is 4.31. The molecule has 1 heterocycles. The van der Waals surface area contributed by atoms with Crippen molar-refractivity contribution in [2.24, 2.45) is 0 Å².